The molecule has 1 aromatic rings. The molecule has 0 saturated carbocycles. The summed E-state index contributed by atoms with van der Waals surface area (Å²) in [5.74, 6) is -1.09. The SMILES string of the molecule is N#Cc1cnc(Cl)c(C(O)C(O)C(N)=O)c1. The summed E-state index contributed by atoms with van der Waals surface area (Å²) in [4.78, 5) is 14.3. The van der Waals surface area contributed by atoms with Gasteiger partial charge in [-0.1, -0.05) is 11.6 Å². The van der Waals surface area contributed by atoms with Gasteiger partial charge >= 0.3 is 0 Å². The summed E-state index contributed by atoms with van der Waals surface area (Å²) >= 11 is 5.65. The number of aliphatic hydroxyl groups is 2. The van der Waals surface area contributed by atoms with Crippen molar-refractivity contribution in [1.82, 2.24) is 4.98 Å². The number of carbonyl (C=O) groups is 1. The van der Waals surface area contributed by atoms with Crippen LogP contribution in [-0.2, 0) is 4.79 Å². The molecule has 1 heterocycles. The molecule has 2 atom stereocenters. The Bertz CT molecular complexity index is 458. The molecule has 0 bridgehead atoms. The predicted molar refractivity (Wildman–Crippen MR) is 54.1 cm³/mol. The van der Waals surface area contributed by atoms with E-state index < -0.39 is 18.1 Å². The van der Waals surface area contributed by atoms with Crippen LogP contribution in [0, 0.1) is 11.3 Å². The number of hydrogen-bond donors (Lipinski definition) is 3. The van der Waals surface area contributed by atoms with Crippen LogP contribution in [0.5, 0.6) is 0 Å². The van der Waals surface area contributed by atoms with Crippen molar-refractivity contribution in [3.63, 3.8) is 0 Å². The van der Waals surface area contributed by atoms with Crippen LogP contribution in [0.25, 0.3) is 0 Å². The number of hydrogen-bond acceptors (Lipinski definition) is 5. The highest BCUT2D eigenvalue weighted by Gasteiger charge is 2.26. The molecule has 1 aromatic heterocycles. The van der Waals surface area contributed by atoms with E-state index in [2.05, 4.69) is 4.98 Å². The monoisotopic (exact) mass is 241 g/mol. The number of nitrogens with two attached hydrogens (primary N) is 1. The maximum atomic E-state index is 10.7. The van der Waals surface area contributed by atoms with Crippen LogP contribution in [-0.4, -0.2) is 27.2 Å². The molecular formula is C9H8ClN3O3. The number of pyridine rings is 1. The van der Waals surface area contributed by atoms with Gasteiger partial charge in [0.2, 0.25) is 5.91 Å². The number of aliphatic hydroxyl groups excluding tert-OH is 2. The van der Waals surface area contributed by atoms with Gasteiger partial charge in [0.1, 0.15) is 17.3 Å². The second-order valence-corrected chi connectivity index (χ2v) is 3.37. The number of nitriles is 1. The number of nitrogens with zero attached hydrogens (tertiary/aromatic N) is 2. The average molecular weight is 242 g/mol. The van der Waals surface area contributed by atoms with Crippen LogP contribution in [0.1, 0.15) is 17.2 Å². The summed E-state index contributed by atoms with van der Waals surface area (Å²) < 4.78 is 0. The number of rotatable bonds is 3. The van der Waals surface area contributed by atoms with Gasteiger partial charge in [-0.15, -0.1) is 0 Å². The quantitative estimate of drug-likeness (QED) is 0.616. The van der Waals surface area contributed by atoms with Gasteiger partial charge in [0.05, 0.1) is 5.56 Å². The first-order chi connectivity index (χ1) is 7.47. The third-order valence-corrected chi connectivity index (χ3v) is 2.22. The Labute approximate surface area is 95.9 Å². The maximum absolute atomic E-state index is 10.7. The number of primary amides is 1. The molecule has 0 fully saturated rings. The van der Waals surface area contributed by atoms with Crippen LogP contribution in [0.15, 0.2) is 12.3 Å². The zero-order chi connectivity index (χ0) is 12.3. The molecule has 84 valence electrons. The zero-order valence-corrected chi connectivity index (χ0v) is 8.72. The molecule has 0 aliphatic heterocycles. The van der Waals surface area contributed by atoms with E-state index in [4.69, 9.17) is 22.6 Å². The van der Waals surface area contributed by atoms with Crippen molar-refractivity contribution < 1.29 is 15.0 Å². The molecule has 1 rings (SSSR count). The van der Waals surface area contributed by atoms with E-state index >= 15 is 0 Å². The van der Waals surface area contributed by atoms with Gasteiger partial charge in [0, 0.05) is 11.8 Å². The van der Waals surface area contributed by atoms with Crippen LogP contribution in [0.3, 0.4) is 0 Å². The van der Waals surface area contributed by atoms with Crippen molar-refractivity contribution >= 4 is 17.5 Å². The van der Waals surface area contributed by atoms with Crippen LogP contribution >= 0.6 is 11.6 Å². The summed E-state index contributed by atoms with van der Waals surface area (Å²) in [7, 11) is 0. The van der Waals surface area contributed by atoms with Gasteiger partial charge < -0.3 is 15.9 Å². The molecule has 1 amide bonds. The highest BCUT2D eigenvalue weighted by Crippen LogP contribution is 2.24. The highest BCUT2D eigenvalue weighted by atomic mass is 35.5. The van der Waals surface area contributed by atoms with Crippen LogP contribution in [0.2, 0.25) is 5.15 Å². The van der Waals surface area contributed by atoms with Gasteiger partial charge in [-0.25, -0.2) is 4.98 Å². The standard InChI is InChI=1S/C9H8ClN3O3/c10-8-5(1-4(2-11)3-13-8)6(14)7(15)9(12)16/h1,3,6-7,14-15H,(H2,12,16). The second kappa shape index (κ2) is 4.90. The Morgan fingerprint density at radius 2 is 2.25 bits per heavy atom. The minimum absolute atomic E-state index is 0.0213. The molecule has 4 N–H and O–H groups in total. The van der Waals surface area contributed by atoms with Crippen LogP contribution in [0.4, 0.5) is 0 Å². The normalized spacial score (nSPS) is 13.9. The Morgan fingerprint density at radius 3 is 2.75 bits per heavy atom. The zero-order valence-electron chi connectivity index (χ0n) is 7.96. The van der Waals surface area contributed by atoms with Crippen molar-refractivity contribution in [2.75, 3.05) is 0 Å². The Balaban J connectivity index is 3.12. The molecule has 0 radical (unpaired) electrons. The maximum Gasteiger partial charge on any atom is 0.249 e. The summed E-state index contributed by atoms with van der Waals surface area (Å²) in [5, 5.41) is 27.3. The second-order valence-electron chi connectivity index (χ2n) is 3.01. The van der Waals surface area contributed by atoms with Crippen LogP contribution < -0.4 is 5.73 Å². The summed E-state index contributed by atoms with van der Waals surface area (Å²) in [6, 6.07) is 3.02. The first kappa shape index (κ1) is 12.4. The fourth-order valence-electron chi connectivity index (χ4n) is 1.06. The molecule has 0 aliphatic carbocycles. The third kappa shape index (κ3) is 2.46. The molecule has 0 aliphatic rings. The third-order valence-electron chi connectivity index (χ3n) is 1.90. The molecule has 7 heteroatoms. The number of aromatic nitrogens is 1. The summed E-state index contributed by atoms with van der Waals surface area (Å²) in [6.07, 6.45) is -2.20. The van der Waals surface area contributed by atoms with E-state index in [0.717, 1.165) is 0 Å². The molecule has 0 spiro atoms. The van der Waals surface area contributed by atoms with Gasteiger partial charge in [-0.2, -0.15) is 5.26 Å². The molecule has 16 heavy (non-hydrogen) atoms. The minimum atomic E-state index is -1.80. The van der Waals surface area contributed by atoms with E-state index in [9.17, 15) is 15.0 Å². The van der Waals surface area contributed by atoms with E-state index in [1.54, 1.807) is 6.07 Å². The Morgan fingerprint density at radius 1 is 1.62 bits per heavy atom. The van der Waals surface area contributed by atoms with E-state index in [1.807, 2.05) is 0 Å². The van der Waals surface area contributed by atoms with Crippen molar-refractivity contribution in [1.29, 1.82) is 5.26 Å². The van der Waals surface area contributed by atoms with Crippen molar-refractivity contribution in [3.05, 3.63) is 28.5 Å². The summed E-state index contributed by atoms with van der Waals surface area (Å²) in [5.41, 5.74) is 4.94. The largest absolute Gasteiger partial charge is 0.385 e. The van der Waals surface area contributed by atoms with Gasteiger partial charge in [0.15, 0.2) is 6.10 Å². The van der Waals surface area contributed by atoms with Crippen molar-refractivity contribution in [2.45, 2.75) is 12.2 Å². The topological polar surface area (TPSA) is 120 Å². The smallest absolute Gasteiger partial charge is 0.249 e. The number of halogens is 1. The molecule has 0 saturated heterocycles. The lowest BCUT2D eigenvalue weighted by molar-refractivity contribution is -0.131. The molecule has 0 aromatic carbocycles. The fraction of sp³-hybridized carbons (Fsp3) is 0.222. The van der Waals surface area contributed by atoms with Crippen molar-refractivity contribution in [2.24, 2.45) is 5.73 Å². The highest BCUT2D eigenvalue weighted by molar-refractivity contribution is 6.30. The number of amides is 1. The Kier molecular flexibility index (Phi) is 3.79. The average Bonchev–Trinajstić information content (AvgIpc) is 2.27. The summed E-state index contributed by atoms with van der Waals surface area (Å²) in [6.45, 7) is 0. The van der Waals surface area contributed by atoms with Crippen molar-refractivity contribution in [3.8, 4) is 6.07 Å². The minimum Gasteiger partial charge on any atom is -0.385 e. The van der Waals surface area contributed by atoms with E-state index in [1.165, 1.54) is 12.3 Å². The number of carbonyl (C=O) groups excluding carboxylic acids is 1. The van der Waals surface area contributed by atoms with E-state index in [-0.39, 0.29) is 16.3 Å². The van der Waals surface area contributed by atoms with Gasteiger partial charge in [-0.05, 0) is 6.07 Å². The first-order valence-corrected chi connectivity index (χ1v) is 4.56. The van der Waals surface area contributed by atoms with E-state index in [0.29, 0.717) is 0 Å². The molecule has 2 unspecified atom stereocenters. The lowest BCUT2D eigenvalue weighted by atomic mass is 10.0. The Hall–Kier alpha value is -1.68. The molecule has 6 nitrogen and oxygen atoms in total. The molecular weight excluding hydrogens is 234 g/mol. The first-order valence-electron chi connectivity index (χ1n) is 4.18. The lowest BCUT2D eigenvalue weighted by Gasteiger charge is -2.15. The van der Waals surface area contributed by atoms with Gasteiger partial charge in [0.25, 0.3) is 0 Å². The van der Waals surface area contributed by atoms with Gasteiger partial charge in [-0.3, -0.25) is 4.79 Å². The lowest BCUT2D eigenvalue weighted by Crippen LogP contribution is -2.34. The fourth-order valence-corrected chi connectivity index (χ4v) is 1.27. The predicted octanol–water partition coefficient (Wildman–Crippen LogP) is -0.514.